The lowest BCUT2D eigenvalue weighted by molar-refractivity contribution is -0.114. The Morgan fingerprint density at radius 2 is 1.62 bits per heavy atom. The highest BCUT2D eigenvalue weighted by Crippen LogP contribution is 2.26. The maximum Gasteiger partial charge on any atom is 0.280 e. The van der Waals surface area contributed by atoms with Crippen molar-refractivity contribution in [1.82, 2.24) is 9.78 Å². The third kappa shape index (κ3) is 3.23. The molecular formula is C23H22N4O2. The van der Waals surface area contributed by atoms with Crippen molar-refractivity contribution in [2.45, 2.75) is 27.7 Å². The summed E-state index contributed by atoms with van der Waals surface area (Å²) in [6.45, 7) is 7.63. The number of aromatic nitrogens is 2. The normalized spacial score (nSPS) is 15.3. The third-order valence-corrected chi connectivity index (χ3v) is 5.22. The van der Waals surface area contributed by atoms with Gasteiger partial charge in [-0.05, 0) is 69.2 Å². The summed E-state index contributed by atoms with van der Waals surface area (Å²) < 4.78 is 1.48. The molecule has 0 aliphatic carbocycles. The van der Waals surface area contributed by atoms with E-state index in [1.165, 1.54) is 9.69 Å². The van der Waals surface area contributed by atoms with Gasteiger partial charge in [-0.2, -0.15) is 10.1 Å². The van der Waals surface area contributed by atoms with Crippen molar-refractivity contribution in [2.75, 3.05) is 5.01 Å². The Bertz CT molecular complexity index is 1230. The Morgan fingerprint density at radius 3 is 2.31 bits per heavy atom. The van der Waals surface area contributed by atoms with Crippen molar-refractivity contribution in [3.8, 4) is 5.69 Å². The summed E-state index contributed by atoms with van der Waals surface area (Å²) in [5.41, 5.74) is 5.64. The molecule has 2 heterocycles. The fourth-order valence-electron chi connectivity index (χ4n) is 3.35. The zero-order valence-electron chi connectivity index (χ0n) is 16.9. The predicted molar refractivity (Wildman–Crippen MR) is 116 cm³/mol. The standard InChI is InChI=1S/C23H22N4O2/c1-14-10-11-19(12-15(14)2)27-23(29)21(17(4)25-27)13-20-16(3)24-26(22(20)28)18-8-6-5-7-9-18/h5-13,24H,1-4H3/b21-13+. The van der Waals surface area contributed by atoms with Crippen LogP contribution in [0.15, 0.2) is 64.0 Å². The van der Waals surface area contributed by atoms with Gasteiger partial charge in [0, 0.05) is 5.69 Å². The van der Waals surface area contributed by atoms with Crippen molar-refractivity contribution in [1.29, 1.82) is 0 Å². The summed E-state index contributed by atoms with van der Waals surface area (Å²) >= 11 is 0. The van der Waals surface area contributed by atoms with E-state index in [0.717, 1.165) is 16.8 Å². The maximum absolute atomic E-state index is 13.0. The minimum Gasteiger partial charge on any atom is -0.295 e. The Hall–Kier alpha value is -3.67. The number of carbonyl (C=O) groups excluding carboxylic acids is 1. The number of hydrogen-bond donors (Lipinski definition) is 1. The smallest absolute Gasteiger partial charge is 0.280 e. The van der Waals surface area contributed by atoms with Gasteiger partial charge in [-0.25, -0.2) is 4.68 Å². The molecule has 1 aromatic heterocycles. The molecule has 29 heavy (non-hydrogen) atoms. The van der Waals surface area contributed by atoms with Gasteiger partial charge in [-0.15, -0.1) is 0 Å². The van der Waals surface area contributed by atoms with E-state index in [-0.39, 0.29) is 11.5 Å². The quantitative estimate of drug-likeness (QED) is 0.694. The van der Waals surface area contributed by atoms with Gasteiger partial charge in [-0.1, -0.05) is 24.3 Å². The van der Waals surface area contributed by atoms with E-state index >= 15 is 0 Å². The second-order valence-corrected chi connectivity index (χ2v) is 7.26. The largest absolute Gasteiger partial charge is 0.295 e. The van der Waals surface area contributed by atoms with Gasteiger partial charge in [0.15, 0.2) is 0 Å². The van der Waals surface area contributed by atoms with Crippen LogP contribution in [-0.2, 0) is 4.79 Å². The number of nitrogens with zero attached hydrogens (tertiary/aromatic N) is 3. The number of nitrogens with one attached hydrogen (secondary N) is 1. The van der Waals surface area contributed by atoms with Crippen molar-refractivity contribution >= 4 is 23.4 Å². The second-order valence-electron chi connectivity index (χ2n) is 7.26. The minimum absolute atomic E-state index is 0.202. The molecule has 1 aliphatic heterocycles. The molecule has 1 N–H and O–H groups in total. The Kier molecular flexibility index (Phi) is 4.54. The van der Waals surface area contributed by atoms with Gasteiger partial charge < -0.3 is 0 Å². The summed E-state index contributed by atoms with van der Waals surface area (Å²) in [6.07, 6.45) is 1.63. The van der Waals surface area contributed by atoms with Crippen LogP contribution in [-0.4, -0.2) is 21.4 Å². The molecule has 146 valence electrons. The van der Waals surface area contributed by atoms with Crippen LogP contribution in [0.1, 0.15) is 29.3 Å². The lowest BCUT2D eigenvalue weighted by Gasteiger charge is -2.13. The molecule has 0 unspecified atom stereocenters. The number of benzene rings is 2. The molecular weight excluding hydrogens is 364 g/mol. The molecule has 0 radical (unpaired) electrons. The van der Waals surface area contributed by atoms with Crippen LogP contribution in [0.5, 0.6) is 0 Å². The minimum atomic E-state index is -0.239. The molecule has 0 atom stereocenters. The fraction of sp³-hybridized carbons (Fsp3) is 0.174. The maximum atomic E-state index is 13.0. The van der Waals surface area contributed by atoms with Gasteiger partial charge in [-0.3, -0.25) is 14.7 Å². The van der Waals surface area contributed by atoms with Crippen LogP contribution >= 0.6 is 0 Å². The van der Waals surface area contributed by atoms with E-state index < -0.39 is 0 Å². The molecule has 1 aliphatic rings. The fourth-order valence-corrected chi connectivity index (χ4v) is 3.35. The highest BCUT2D eigenvalue weighted by molar-refractivity contribution is 6.32. The van der Waals surface area contributed by atoms with Crippen LogP contribution in [0.2, 0.25) is 0 Å². The molecule has 2 aromatic carbocycles. The van der Waals surface area contributed by atoms with Crippen LogP contribution in [0.25, 0.3) is 11.8 Å². The number of rotatable bonds is 3. The first-order valence-corrected chi connectivity index (χ1v) is 9.43. The van der Waals surface area contributed by atoms with E-state index in [0.29, 0.717) is 28.2 Å². The summed E-state index contributed by atoms with van der Waals surface area (Å²) in [5.74, 6) is -0.239. The first-order chi connectivity index (χ1) is 13.9. The Morgan fingerprint density at radius 1 is 0.897 bits per heavy atom. The number of hydrazone groups is 1. The molecule has 0 fully saturated rings. The Balaban J connectivity index is 1.74. The zero-order valence-corrected chi connectivity index (χ0v) is 16.9. The summed E-state index contributed by atoms with van der Waals surface area (Å²) in [7, 11) is 0. The van der Waals surface area contributed by atoms with Crippen LogP contribution in [0.4, 0.5) is 5.69 Å². The number of H-pyrrole nitrogens is 1. The zero-order chi connectivity index (χ0) is 20.7. The number of amides is 1. The monoisotopic (exact) mass is 386 g/mol. The average Bonchev–Trinajstić information content (AvgIpc) is 3.15. The molecule has 6 heteroatoms. The Labute approximate surface area is 168 Å². The molecule has 0 saturated heterocycles. The van der Waals surface area contributed by atoms with E-state index in [2.05, 4.69) is 10.2 Å². The van der Waals surface area contributed by atoms with Crippen LogP contribution < -0.4 is 10.6 Å². The first-order valence-electron chi connectivity index (χ1n) is 9.43. The highest BCUT2D eigenvalue weighted by Gasteiger charge is 2.29. The van der Waals surface area contributed by atoms with Crippen LogP contribution in [0.3, 0.4) is 0 Å². The molecule has 3 aromatic rings. The summed E-state index contributed by atoms with van der Waals surface area (Å²) in [5, 5.41) is 8.90. The van der Waals surface area contributed by atoms with Gasteiger partial charge in [0.1, 0.15) is 0 Å². The number of hydrogen-bond acceptors (Lipinski definition) is 3. The molecule has 0 bridgehead atoms. The summed E-state index contributed by atoms with van der Waals surface area (Å²) in [6, 6.07) is 15.1. The topological polar surface area (TPSA) is 70.5 Å². The third-order valence-electron chi connectivity index (χ3n) is 5.22. The second kappa shape index (κ2) is 7.05. The van der Waals surface area contributed by atoms with Gasteiger partial charge in [0.05, 0.1) is 28.2 Å². The van der Waals surface area contributed by atoms with Crippen molar-refractivity contribution in [3.05, 3.63) is 86.8 Å². The molecule has 0 spiro atoms. The average molecular weight is 386 g/mol. The lowest BCUT2D eigenvalue weighted by atomic mass is 10.1. The van der Waals surface area contributed by atoms with E-state index in [1.807, 2.05) is 69.3 Å². The van der Waals surface area contributed by atoms with Crippen molar-refractivity contribution in [3.63, 3.8) is 0 Å². The van der Waals surface area contributed by atoms with Gasteiger partial charge in [0.2, 0.25) is 0 Å². The van der Waals surface area contributed by atoms with Crippen LogP contribution in [0, 0.1) is 20.8 Å². The molecule has 4 rings (SSSR count). The van der Waals surface area contributed by atoms with E-state index in [1.54, 1.807) is 13.0 Å². The van der Waals surface area contributed by atoms with Crippen molar-refractivity contribution in [2.24, 2.45) is 5.10 Å². The lowest BCUT2D eigenvalue weighted by Crippen LogP contribution is -2.22. The highest BCUT2D eigenvalue weighted by atomic mass is 16.2. The number of carbonyl (C=O) groups is 1. The number of para-hydroxylation sites is 1. The van der Waals surface area contributed by atoms with Gasteiger partial charge >= 0.3 is 0 Å². The van der Waals surface area contributed by atoms with Gasteiger partial charge in [0.25, 0.3) is 11.5 Å². The predicted octanol–water partition coefficient (Wildman–Crippen LogP) is 3.90. The number of aryl methyl sites for hydroxylation is 3. The van der Waals surface area contributed by atoms with E-state index in [4.69, 9.17) is 0 Å². The molecule has 1 amide bonds. The van der Waals surface area contributed by atoms with Crippen molar-refractivity contribution < 1.29 is 4.79 Å². The SMILES string of the molecule is CC1=NN(c2ccc(C)c(C)c2)C(=O)/C1=C/c1c(C)[nH]n(-c2ccccc2)c1=O. The van der Waals surface area contributed by atoms with E-state index in [9.17, 15) is 9.59 Å². The molecule has 0 saturated carbocycles. The number of aromatic amines is 1. The summed E-state index contributed by atoms with van der Waals surface area (Å²) in [4.78, 5) is 26.0. The first kappa shape index (κ1) is 18.7. The number of anilines is 1. The molecule has 6 nitrogen and oxygen atoms in total.